The highest BCUT2D eigenvalue weighted by atomic mass is 16.5. The molecular formula is C20H21N5O4. The molecule has 0 aliphatic carbocycles. The van der Waals surface area contributed by atoms with Crippen LogP contribution < -0.4 is 5.32 Å². The number of rotatable bonds is 7. The van der Waals surface area contributed by atoms with Crippen LogP contribution in [0, 0.1) is 0 Å². The molecule has 2 amide bonds. The first-order chi connectivity index (χ1) is 14.2. The molecule has 1 saturated heterocycles. The Bertz CT molecular complexity index is 954. The summed E-state index contributed by atoms with van der Waals surface area (Å²) in [5.74, 6) is 1.18. The van der Waals surface area contributed by atoms with E-state index in [1.807, 2.05) is 6.07 Å². The lowest BCUT2D eigenvalue weighted by Gasteiger charge is -2.23. The van der Waals surface area contributed by atoms with Gasteiger partial charge < -0.3 is 19.2 Å². The molecule has 0 spiro atoms. The predicted octanol–water partition coefficient (Wildman–Crippen LogP) is 1.96. The van der Waals surface area contributed by atoms with E-state index in [0.717, 1.165) is 6.42 Å². The van der Waals surface area contributed by atoms with Crippen molar-refractivity contribution >= 4 is 11.8 Å². The molecule has 1 N–H and O–H groups in total. The van der Waals surface area contributed by atoms with E-state index in [9.17, 15) is 9.59 Å². The molecule has 1 aliphatic rings. The van der Waals surface area contributed by atoms with Crippen molar-refractivity contribution in [3.05, 3.63) is 54.4 Å². The molecular weight excluding hydrogens is 374 g/mol. The van der Waals surface area contributed by atoms with Gasteiger partial charge in [0.1, 0.15) is 17.5 Å². The van der Waals surface area contributed by atoms with Gasteiger partial charge in [0.25, 0.3) is 0 Å². The molecule has 0 bridgehead atoms. The van der Waals surface area contributed by atoms with Gasteiger partial charge in [0.15, 0.2) is 0 Å². The van der Waals surface area contributed by atoms with Crippen molar-refractivity contribution in [1.82, 2.24) is 25.3 Å². The van der Waals surface area contributed by atoms with Crippen LogP contribution in [0.3, 0.4) is 0 Å². The van der Waals surface area contributed by atoms with Crippen molar-refractivity contribution in [3.8, 4) is 11.5 Å². The number of likely N-dealkylation sites (tertiary alicyclic amines) is 1. The lowest BCUT2D eigenvalue weighted by atomic mass is 10.2. The number of carbonyl (C=O) groups excluding carboxylic acids is 2. The van der Waals surface area contributed by atoms with E-state index < -0.39 is 6.04 Å². The van der Waals surface area contributed by atoms with E-state index in [-0.39, 0.29) is 18.2 Å². The lowest BCUT2D eigenvalue weighted by molar-refractivity contribution is -0.138. The van der Waals surface area contributed by atoms with Gasteiger partial charge in [-0.25, -0.2) is 0 Å². The first-order valence-corrected chi connectivity index (χ1v) is 9.54. The Hall–Kier alpha value is -3.49. The summed E-state index contributed by atoms with van der Waals surface area (Å²) in [7, 11) is 0. The van der Waals surface area contributed by atoms with Crippen LogP contribution in [0.5, 0.6) is 0 Å². The second kappa shape index (κ2) is 8.68. The maximum atomic E-state index is 12.7. The number of hydrogen-bond acceptors (Lipinski definition) is 7. The van der Waals surface area contributed by atoms with E-state index >= 15 is 0 Å². The molecule has 0 aromatic carbocycles. The highest BCUT2D eigenvalue weighted by molar-refractivity contribution is 5.88. The number of aryl methyl sites for hydroxylation is 1. The molecule has 150 valence electrons. The minimum Gasteiger partial charge on any atom is -0.467 e. The predicted molar refractivity (Wildman–Crippen MR) is 101 cm³/mol. The Labute approximate surface area is 167 Å². The van der Waals surface area contributed by atoms with Crippen molar-refractivity contribution in [2.45, 2.75) is 38.3 Å². The zero-order chi connectivity index (χ0) is 20.1. The van der Waals surface area contributed by atoms with Crippen LogP contribution in [-0.4, -0.2) is 44.4 Å². The van der Waals surface area contributed by atoms with Crippen LogP contribution in [0.4, 0.5) is 0 Å². The molecule has 1 aliphatic heterocycles. The summed E-state index contributed by atoms with van der Waals surface area (Å²) >= 11 is 0. The Kier molecular flexibility index (Phi) is 5.64. The third-order valence-corrected chi connectivity index (χ3v) is 4.81. The van der Waals surface area contributed by atoms with Gasteiger partial charge in [-0.1, -0.05) is 11.2 Å². The molecule has 0 radical (unpaired) electrons. The Balaban J connectivity index is 1.30. The molecule has 3 aromatic heterocycles. The fourth-order valence-electron chi connectivity index (χ4n) is 3.36. The van der Waals surface area contributed by atoms with Gasteiger partial charge in [-0.3, -0.25) is 14.6 Å². The Morgan fingerprint density at radius 1 is 1.24 bits per heavy atom. The maximum absolute atomic E-state index is 12.7. The zero-order valence-electron chi connectivity index (χ0n) is 15.8. The van der Waals surface area contributed by atoms with Gasteiger partial charge in [-0.15, -0.1) is 0 Å². The summed E-state index contributed by atoms with van der Waals surface area (Å²) in [5, 5.41) is 6.74. The van der Waals surface area contributed by atoms with Crippen molar-refractivity contribution < 1.29 is 18.5 Å². The summed E-state index contributed by atoms with van der Waals surface area (Å²) in [5.41, 5.74) is 0.613. The fraction of sp³-hybridized carbons (Fsp3) is 0.350. The molecule has 1 fully saturated rings. The van der Waals surface area contributed by atoms with Gasteiger partial charge >= 0.3 is 0 Å². The number of aromatic nitrogens is 3. The fourth-order valence-corrected chi connectivity index (χ4v) is 3.36. The molecule has 9 nitrogen and oxygen atoms in total. The molecule has 9 heteroatoms. The summed E-state index contributed by atoms with van der Waals surface area (Å²) in [6.45, 7) is 0.878. The van der Waals surface area contributed by atoms with E-state index in [2.05, 4.69) is 20.4 Å². The minimum atomic E-state index is -0.454. The van der Waals surface area contributed by atoms with Crippen LogP contribution in [0.2, 0.25) is 0 Å². The molecule has 4 heterocycles. The summed E-state index contributed by atoms with van der Waals surface area (Å²) in [4.78, 5) is 35.3. The Morgan fingerprint density at radius 2 is 2.17 bits per heavy atom. The first-order valence-electron chi connectivity index (χ1n) is 9.54. The smallest absolute Gasteiger partial charge is 0.243 e. The second-order valence-corrected chi connectivity index (χ2v) is 6.77. The van der Waals surface area contributed by atoms with Crippen LogP contribution in [-0.2, 0) is 22.6 Å². The lowest BCUT2D eigenvalue weighted by Crippen LogP contribution is -2.45. The average Bonchev–Trinajstić information content (AvgIpc) is 3.52. The van der Waals surface area contributed by atoms with Gasteiger partial charge in [-0.05, 0) is 37.1 Å². The molecule has 1 unspecified atom stereocenters. The van der Waals surface area contributed by atoms with Crippen LogP contribution in [0.25, 0.3) is 11.5 Å². The monoisotopic (exact) mass is 395 g/mol. The molecule has 3 aromatic rings. The number of carbonyl (C=O) groups is 2. The van der Waals surface area contributed by atoms with Gasteiger partial charge in [0.2, 0.25) is 23.5 Å². The van der Waals surface area contributed by atoms with Gasteiger partial charge in [0.05, 0.1) is 12.8 Å². The highest BCUT2D eigenvalue weighted by Gasteiger charge is 2.33. The molecule has 0 saturated carbocycles. The molecule has 1 atom stereocenters. The summed E-state index contributed by atoms with van der Waals surface area (Å²) in [6, 6.07) is 8.54. The van der Waals surface area contributed by atoms with Gasteiger partial charge in [0, 0.05) is 25.6 Å². The third-order valence-electron chi connectivity index (χ3n) is 4.81. The maximum Gasteiger partial charge on any atom is 0.243 e. The van der Waals surface area contributed by atoms with Crippen LogP contribution in [0.15, 0.2) is 51.7 Å². The average molecular weight is 395 g/mol. The first kappa shape index (κ1) is 18.9. The number of furan rings is 1. The largest absolute Gasteiger partial charge is 0.467 e. The van der Waals surface area contributed by atoms with E-state index in [0.29, 0.717) is 49.1 Å². The highest BCUT2D eigenvalue weighted by Crippen LogP contribution is 2.20. The number of pyridine rings is 1. The summed E-state index contributed by atoms with van der Waals surface area (Å²) < 4.78 is 10.4. The van der Waals surface area contributed by atoms with Crippen molar-refractivity contribution in [3.63, 3.8) is 0 Å². The third kappa shape index (κ3) is 4.50. The number of hydrogen-bond donors (Lipinski definition) is 1. The normalized spacial score (nSPS) is 16.1. The van der Waals surface area contributed by atoms with Crippen LogP contribution >= 0.6 is 0 Å². The standard InChI is InChI=1S/C20H21N5O4/c26-18(9-8-17-23-19(24-29-17)15-6-1-2-10-21-15)25-11-3-7-16(25)20(27)22-13-14-5-4-12-28-14/h1-2,4-6,10,12,16H,3,7-9,11,13H2,(H,22,27). The number of amides is 2. The quantitative estimate of drug-likeness (QED) is 0.650. The van der Waals surface area contributed by atoms with Crippen molar-refractivity contribution in [2.24, 2.45) is 0 Å². The van der Waals surface area contributed by atoms with Crippen molar-refractivity contribution in [1.29, 1.82) is 0 Å². The minimum absolute atomic E-state index is 0.0989. The number of nitrogens with zero attached hydrogens (tertiary/aromatic N) is 4. The topological polar surface area (TPSA) is 114 Å². The van der Waals surface area contributed by atoms with E-state index in [1.54, 1.807) is 41.6 Å². The van der Waals surface area contributed by atoms with E-state index in [4.69, 9.17) is 8.94 Å². The van der Waals surface area contributed by atoms with Gasteiger partial charge in [-0.2, -0.15) is 4.98 Å². The molecule has 4 rings (SSSR count). The summed E-state index contributed by atoms with van der Waals surface area (Å²) in [6.07, 6.45) is 5.18. The van der Waals surface area contributed by atoms with Crippen molar-refractivity contribution in [2.75, 3.05) is 6.54 Å². The Morgan fingerprint density at radius 3 is 2.97 bits per heavy atom. The SMILES string of the molecule is O=C(NCc1ccco1)C1CCCN1C(=O)CCc1nc(-c2ccccn2)no1. The number of nitrogens with one attached hydrogen (secondary N) is 1. The van der Waals surface area contributed by atoms with Crippen LogP contribution in [0.1, 0.15) is 30.9 Å². The molecule has 29 heavy (non-hydrogen) atoms. The zero-order valence-corrected chi connectivity index (χ0v) is 15.8. The second-order valence-electron chi connectivity index (χ2n) is 6.77. The van der Waals surface area contributed by atoms with E-state index in [1.165, 1.54) is 0 Å².